The van der Waals surface area contributed by atoms with E-state index >= 15 is 0 Å². The average Bonchev–Trinajstić information content (AvgIpc) is 3.56. The highest BCUT2D eigenvalue weighted by Gasteiger charge is 2.31. The topological polar surface area (TPSA) is 92.9 Å². The van der Waals surface area contributed by atoms with Crippen LogP contribution in [0.1, 0.15) is 17.0 Å². The van der Waals surface area contributed by atoms with Crippen molar-refractivity contribution >= 4 is 17.4 Å². The zero-order valence-electron chi connectivity index (χ0n) is 19.8. The number of rotatable bonds is 2. The molecule has 36 heavy (non-hydrogen) atoms. The Bertz CT molecular complexity index is 1450. The Kier molecular flexibility index (Phi) is 4.91. The van der Waals surface area contributed by atoms with Gasteiger partial charge in [0.05, 0.1) is 19.1 Å². The lowest BCUT2D eigenvalue weighted by Crippen LogP contribution is -2.45. The lowest BCUT2D eigenvalue weighted by Gasteiger charge is -2.32. The molecule has 0 radical (unpaired) electrons. The fourth-order valence-corrected chi connectivity index (χ4v) is 5.23. The van der Waals surface area contributed by atoms with Crippen LogP contribution in [-0.2, 0) is 6.54 Å². The molecule has 7 rings (SSSR count). The van der Waals surface area contributed by atoms with Crippen LogP contribution in [0.4, 0.5) is 16.2 Å². The summed E-state index contributed by atoms with van der Waals surface area (Å²) in [5.41, 5.74) is 3.75. The molecule has 3 aromatic heterocycles. The summed E-state index contributed by atoms with van der Waals surface area (Å²) in [6.45, 7) is 4.90. The minimum Gasteiger partial charge on any atom is -0.493 e. The van der Waals surface area contributed by atoms with Gasteiger partial charge in [0.25, 0.3) is 0 Å². The first kappa shape index (κ1) is 21.3. The van der Waals surface area contributed by atoms with Gasteiger partial charge in [-0.15, -0.1) is 10.2 Å². The number of pyridine rings is 1. The quantitative estimate of drug-likeness (QED) is 0.457. The van der Waals surface area contributed by atoms with Crippen molar-refractivity contribution in [2.24, 2.45) is 0 Å². The number of piperazine rings is 1. The van der Waals surface area contributed by atoms with Crippen LogP contribution in [-0.4, -0.2) is 75.9 Å². The van der Waals surface area contributed by atoms with Gasteiger partial charge in [0.2, 0.25) is 5.95 Å². The van der Waals surface area contributed by atoms with E-state index in [0.29, 0.717) is 42.5 Å². The number of hydrogen-bond acceptors (Lipinski definition) is 9. The summed E-state index contributed by atoms with van der Waals surface area (Å²) in [7, 11) is 2.12. The van der Waals surface area contributed by atoms with Crippen molar-refractivity contribution in [1.82, 2.24) is 29.5 Å². The first-order valence-corrected chi connectivity index (χ1v) is 12.1. The summed E-state index contributed by atoms with van der Waals surface area (Å²) < 4.78 is 28.8. The number of hydrogen-bond donors (Lipinski definition) is 1. The second kappa shape index (κ2) is 8.30. The van der Waals surface area contributed by atoms with E-state index in [0.717, 1.165) is 54.6 Å². The van der Waals surface area contributed by atoms with E-state index in [1.54, 1.807) is 12.4 Å². The van der Waals surface area contributed by atoms with Gasteiger partial charge in [-0.25, -0.2) is 14.4 Å². The van der Waals surface area contributed by atoms with Gasteiger partial charge in [0, 0.05) is 67.4 Å². The molecule has 0 amide bonds. The predicted molar refractivity (Wildman–Crippen MR) is 131 cm³/mol. The van der Waals surface area contributed by atoms with Gasteiger partial charge in [0.15, 0.2) is 17.2 Å². The molecule has 1 atom stereocenters. The van der Waals surface area contributed by atoms with E-state index in [-0.39, 0.29) is 11.7 Å². The van der Waals surface area contributed by atoms with Crippen molar-refractivity contribution < 1.29 is 13.9 Å². The number of ether oxygens (including phenoxy) is 2. The minimum atomic E-state index is -0.255. The fraction of sp³-hybridized carbons (Fsp3) is 0.360. The highest BCUT2D eigenvalue weighted by molar-refractivity contribution is 5.81. The predicted octanol–water partition coefficient (Wildman–Crippen LogP) is 2.56. The third kappa shape index (κ3) is 3.41. The minimum absolute atomic E-state index is 0.0512. The molecule has 1 fully saturated rings. The fourth-order valence-electron chi connectivity index (χ4n) is 5.23. The second-order valence-electron chi connectivity index (χ2n) is 9.47. The van der Waals surface area contributed by atoms with Crippen molar-refractivity contribution in [3.8, 4) is 22.6 Å². The van der Waals surface area contributed by atoms with Crippen molar-refractivity contribution in [1.29, 1.82) is 0 Å². The Balaban J connectivity index is 1.26. The Hall–Kier alpha value is -3.99. The van der Waals surface area contributed by atoms with Gasteiger partial charge in [0.1, 0.15) is 17.9 Å². The van der Waals surface area contributed by atoms with Crippen molar-refractivity contribution in [3.05, 3.63) is 53.9 Å². The largest absolute Gasteiger partial charge is 0.493 e. The lowest BCUT2D eigenvalue weighted by atomic mass is 9.96. The maximum atomic E-state index is 14.8. The summed E-state index contributed by atoms with van der Waals surface area (Å²) in [6, 6.07) is 5.09. The highest BCUT2D eigenvalue weighted by atomic mass is 19.1. The standard InChI is InChI=1S/C25H25FN8O2/c1-32-4-6-33(7-5-32)25-28-9-15(10-29-25)17-8-21-24(34-14-30-31-23(17)34)27-11-18-19(26)2-3-20-22(18)16(12-35-20)13-36-21/h2-3,8-10,14,16,27H,4-7,11-13H2,1H3/t16-/m0/s1. The van der Waals surface area contributed by atoms with Crippen LogP contribution >= 0.6 is 0 Å². The number of aromatic nitrogens is 5. The number of halogens is 1. The van der Waals surface area contributed by atoms with Crippen LogP contribution in [0, 0.1) is 5.82 Å². The molecule has 3 aliphatic rings. The van der Waals surface area contributed by atoms with Gasteiger partial charge in [-0.3, -0.25) is 4.40 Å². The molecule has 6 heterocycles. The molecular formula is C25H25FN8O2. The van der Waals surface area contributed by atoms with E-state index in [9.17, 15) is 4.39 Å². The molecule has 0 aliphatic carbocycles. The number of nitrogens with one attached hydrogen (secondary N) is 1. The first-order chi connectivity index (χ1) is 17.7. The molecule has 184 valence electrons. The molecule has 0 saturated carbocycles. The second-order valence-corrected chi connectivity index (χ2v) is 9.47. The summed E-state index contributed by atoms with van der Waals surface area (Å²) >= 11 is 0. The third-order valence-corrected chi connectivity index (χ3v) is 7.25. The molecule has 1 aromatic carbocycles. The van der Waals surface area contributed by atoms with Crippen LogP contribution in [0.5, 0.6) is 11.5 Å². The summed E-state index contributed by atoms with van der Waals surface area (Å²) in [4.78, 5) is 13.8. The van der Waals surface area contributed by atoms with Gasteiger partial charge in [-0.2, -0.15) is 0 Å². The maximum Gasteiger partial charge on any atom is 0.225 e. The van der Waals surface area contributed by atoms with Crippen molar-refractivity contribution in [3.63, 3.8) is 0 Å². The summed E-state index contributed by atoms with van der Waals surface area (Å²) in [6.07, 6.45) is 5.27. The number of anilines is 2. The molecule has 0 spiro atoms. The van der Waals surface area contributed by atoms with Crippen molar-refractivity contribution in [2.45, 2.75) is 12.5 Å². The lowest BCUT2D eigenvalue weighted by molar-refractivity contribution is 0.249. The Morgan fingerprint density at radius 1 is 1.03 bits per heavy atom. The molecule has 1 N–H and O–H groups in total. The molecule has 10 nitrogen and oxygen atoms in total. The summed E-state index contributed by atoms with van der Waals surface area (Å²) in [5.74, 6) is 2.44. The number of fused-ring (bicyclic) bond motifs is 3. The van der Waals surface area contributed by atoms with Crippen LogP contribution in [0.25, 0.3) is 16.8 Å². The van der Waals surface area contributed by atoms with Crippen molar-refractivity contribution in [2.75, 3.05) is 56.7 Å². The van der Waals surface area contributed by atoms with Crippen LogP contribution in [0.15, 0.2) is 36.9 Å². The van der Waals surface area contributed by atoms with Crippen LogP contribution in [0.3, 0.4) is 0 Å². The monoisotopic (exact) mass is 488 g/mol. The van der Waals surface area contributed by atoms with Crippen LogP contribution < -0.4 is 19.7 Å². The zero-order chi connectivity index (χ0) is 24.2. The maximum absolute atomic E-state index is 14.8. The zero-order valence-corrected chi connectivity index (χ0v) is 19.8. The first-order valence-electron chi connectivity index (χ1n) is 12.1. The highest BCUT2D eigenvalue weighted by Crippen LogP contribution is 2.41. The smallest absolute Gasteiger partial charge is 0.225 e. The van der Waals surface area contributed by atoms with E-state index < -0.39 is 0 Å². The van der Waals surface area contributed by atoms with E-state index in [1.165, 1.54) is 6.07 Å². The Labute approximate surface area is 206 Å². The van der Waals surface area contributed by atoms with Crippen LogP contribution in [0.2, 0.25) is 0 Å². The van der Waals surface area contributed by atoms with Gasteiger partial charge < -0.3 is 24.6 Å². The molecule has 0 unspecified atom stereocenters. The molecule has 1 saturated heterocycles. The number of nitrogens with zero attached hydrogens (tertiary/aromatic N) is 7. The van der Waals surface area contributed by atoms with E-state index in [1.807, 2.05) is 22.9 Å². The van der Waals surface area contributed by atoms with E-state index in [2.05, 4.69) is 42.3 Å². The Morgan fingerprint density at radius 2 is 1.81 bits per heavy atom. The molecule has 3 aliphatic heterocycles. The SMILES string of the molecule is CN1CCN(c2ncc(-c3cc4c(n5cnnc35)NCc3c(F)ccc5c3[C@@H](CO5)CO4)cn2)CC1. The van der Waals surface area contributed by atoms with Gasteiger partial charge in [-0.1, -0.05) is 0 Å². The van der Waals surface area contributed by atoms with E-state index in [4.69, 9.17) is 9.47 Å². The number of benzene rings is 1. The average molecular weight is 489 g/mol. The Morgan fingerprint density at radius 3 is 2.61 bits per heavy atom. The molecule has 11 heteroatoms. The number of likely N-dealkylation sites (N-methyl/N-ethyl adjacent to an activating group) is 1. The molecular weight excluding hydrogens is 463 g/mol. The summed E-state index contributed by atoms with van der Waals surface area (Å²) in [5, 5.41) is 11.9. The third-order valence-electron chi connectivity index (χ3n) is 7.25. The van der Waals surface area contributed by atoms with Gasteiger partial charge in [-0.05, 0) is 25.2 Å². The molecule has 4 aromatic rings. The molecule has 0 bridgehead atoms. The normalized spacial score (nSPS) is 19.4. The van der Waals surface area contributed by atoms with Gasteiger partial charge >= 0.3 is 0 Å².